The van der Waals surface area contributed by atoms with E-state index >= 15 is 0 Å². The zero-order valence-electron chi connectivity index (χ0n) is 5.42. The Balaban J connectivity index is 2.43. The van der Waals surface area contributed by atoms with Gasteiger partial charge in [-0.25, -0.2) is 0 Å². The SMILES string of the molecule is C[C@@H]1C[C@H](O)CC(=O)N1. The van der Waals surface area contributed by atoms with Gasteiger partial charge < -0.3 is 10.4 Å². The van der Waals surface area contributed by atoms with Gasteiger partial charge in [0.25, 0.3) is 0 Å². The molecule has 1 aliphatic heterocycles. The fraction of sp³-hybridized carbons (Fsp3) is 0.833. The van der Waals surface area contributed by atoms with Gasteiger partial charge >= 0.3 is 0 Å². The van der Waals surface area contributed by atoms with E-state index in [1.807, 2.05) is 6.92 Å². The topological polar surface area (TPSA) is 49.3 Å². The first-order valence-corrected chi connectivity index (χ1v) is 3.16. The van der Waals surface area contributed by atoms with Gasteiger partial charge in [-0.2, -0.15) is 0 Å². The fourth-order valence-corrected chi connectivity index (χ4v) is 1.10. The summed E-state index contributed by atoms with van der Waals surface area (Å²) in [6, 6.07) is 0.140. The summed E-state index contributed by atoms with van der Waals surface area (Å²) in [5.41, 5.74) is 0. The number of aliphatic hydroxyl groups excluding tert-OH is 1. The van der Waals surface area contributed by atoms with Crippen LogP contribution in [-0.2, 0) is 4.79 Å². The van der Waals surface area contributed by atoms with Crippen molar-refractivity contribution in [3.8, 4) is 0 Å². The highest BCUT2D eigenvalue weighted by molar-refractivity contribution is 5.77. The van der Waals surface area contributed by atoms with Crippen LogP contribution in [0.2, 0.25) is 0 Å². The predicted octanol–water partition coefficient (Wildman–Crippen LogP) is -0.354. The lowest BCUT2D eigenvalue weighted by Crippen LogP contribution is -2.42. The van der Waals surface area contributed by atoms with Gasteiger partial charge in [0, 0.05) is 6.04 Å². The van der Waals surface area contributed by atoms with E-state index in [9.17, 15) is 4.79 Å². The number of rotatable bonds is 0. The normalized spacial score (nSPS) is 36.0. The molecule has 0 aromatic carbocycles. The highest BCUT2D eigenvalue weighted by Gasteiger charge is 2.20. The smallest absolute Gasteiger partial charge is 0.222 e. The number of carbonyl (C=O) groups excluding carboxylic acids is 1. The summed E-state index contributed by atoms with van der Waals surface area (Å²) in [6.45, 7) is 1.89. The van der Waals surface area contributed by atoms with Crippen LogP contribution < -0.4 is 5.32 Å². The molecule has 0 spiro atoms. The summed E-state index contributed by atoms with van der Waals surface area (Å²) in [6.07, 6.45) is 0.532. The molecule has 1 fully saturated rings. The lowest BCUT2D eigenvalue weighted by molar-refractivity contribution is -0.126. The second-order valence-electron chi connectivity index (χ2n) is 2.56. The second kappa shape index (κ2) is 2.35. The molecule has 1 amide bonds. The van der Waals surface area contributed by atoms with E-state index in [0.29, 0.717) is 6.42 Å². The van der Waals surface area contributed by atoms with E-state index in [2.05, 4.69) is 5.32 Å². The molecule has 1 heterocycles. The molecule has 2 atom stereocenters. The Bertz CT molecular complexity index is 112. The first-order valence-electron chi connectivity index (χ1n) is 3.16. The maximum Gasteiger partial charge on any atom is 0.222 e. The average molecular weight is 129 g/mol. The van der Waals surface area contributed by atoms with Crippen LogP contribution in [0.4, 0.5) is 0 Å². The number of aliphatic hydroxyl groups is 1. The van der Waals surface area contributed by atoms with Gasteiger partial charge in [0.1, 0.15) is 0 Å². The van der Waals surface area contributed by atoms with Crippen molar-refractivity contribution < 1.29 is 9.90 Å². The van der Waals surface area contributed by atoms with Gasteiger partial charge in [-0.05, 0) is 13.3 Å². The summed E-state index contributed by atoms with van der Waals surface area (Å²) < 4.78 is 0. The van der Waals surface area contributed by atoms with Crippen molar-refractivity contribution >= 4 is 5.91 Å². The Kier molecular flexibility index (Phi) is 1.71. The van der Waals surface area contributed by atoms with Crippen LogP contribution in [0.25, 0.3) is 0 Å². The summed E-state index contributed by atoms with van der Waals surface area (Å²) in [7, 11) is 0. The zero-order chi connectivity index (χ0) is 6.85. The van der Waals surface area contributed by atoms with Gasteiger partial charge in [0.15, 0.2) is 0 Å². The molecular formula is C6H11NO2. The molecule has 0 unspecified atom stereocenters. The Morgan fingerprint density at radius 2 is 2.44 bits per heavy atom. The molecule has 0 bridgehead atoms. The third-order valence-corrected chi connectivity index (χ3v) is 1.45. The molecule has 0 aromatic heterocycles. The fourth-order valence-electron chi connectivity index (χ4n) is 1.10. The first-order chi connectivity index (χ1) is 4.18. The van der Waals surface area contributed by atoms with Crippen molar-refractivity contribution in [3.63, 3.8) is 0 Å². The van der Waals surface area contributed by atoms with E-state index in [-0.39, 0.29) is 18.4 Å². The predicted molar refractivity (Wildman–Crippen MR) is 32.8 cm³/mol. The van der Waals surface area contributed by atoms with Gasteiger partial charge in [-0.3, -0.25) is 4.79 Å². The van der Waals surface area contributed by atoms with Gasteiger partial charge in [0.2, 0.25) is 5.91 Å². The number of hydrogen-bond acceptors (Lipinski definition) is 2. The van der Waals surface area contributed by atoms with Gasteiger partial charge in [-0.15, -0.1) is 0 Å². The Labute approximate surface area is 54.1 Å². The summed E-state index contributed by atoms with van der Waals surface area (Å²) >= 11 is 0. The Morgan fingerprint density at radius 3 is 2.89 bits per heavy atom. The van der Waals surface area contributed by atoms with Crippen LogP contribution in [0.3, 0.4) is 0 Å². The van der Waals surface area contributed by atoms with Crippen LogP contribution in [0.5, 0.6) is 0 Å². The van der Waals surface area contributed by atoms with E-state index in [1.165, 1.54) is 0 Å². The molecule has 0 saturated carbocycles. The summed E-state index contributed by atoms with van der Waals surface area (Å²) in [5.74, 6) is -0.0405. The molecule has 0 radical (unpaired) electrons. The number of amides is 1. The third kappa shape index (κ3) is 1.68. The molecule has 1 rings (SSSR count). The van der Waals surface area contributed by atoms with Gasteiger partial charge in [0.05, 0.1) is 12.5 Å². The average Bonchev–Trinajstić information content (AvgIpc) is 1.59. The molecule has 3 heteroatoms. The van der Waals surface area contributed by atoms with Crippen molar-refractivity contribution in [3.05, 3.63) is 0 Å². The molecule has 1 aliphatic rings. The van der Waals surface area contributed by atoms with Crippen molar-refractivity contribution in [1.29, 1.82) is 0 Å². The van der Waals surface area contributed by atoms with Crippen LogP contribution in [0.1, 0.15) is 19.8 Å². The van der Waals surface area contributed by atoms with Crippen molar-refractivity contribution in [1.82, 2.24) is 5.32 Å². The quantitative estimate of drug-likeness (QED) is 0.469. The van der Waals surface area contributed by atoms with Gasteiger partial charge in [-0.1, -0.05) is 0 Å². The largest absolute Gasteiger partial charge is 0.393 e. The van der Waals surface area contributed by atoms with E-state index in [0.717, 1.165) is 0 Å². The van der Waals surface area contributed by atoms with Crippen LogP contribution >= 0.6 is 0 Å². The van der Waals surface area contributed by atoms with Crippen molar-refractivity contribution in [2.24, 2.45) is 0 Å². The Morgan fingerprint density at radius 1 is 1.78 bits per heavy atom. The molecule has 0 aromatic rings. The molecule has 3 nitrogen and oxygen atoms in total. The molecule has 0 aliphatic carbocycles. The highest BCUT2D eigenvalue weighted by atomic mass is 16.3. The third-order valence-electron chi connectivity index (χ3n) is 1.45. The van der Waals surface area contributed by atoms with E-state index in [1.54, 1.807) is 0 Å². The minimum atomic E-state index is -0.422. The van der Waals surface area contributed by atoms with Crippen LogP contribution in [-0.4, -0.2) is 23.2 Å². The van der Waals surface area contributed by atoms with Crippen LogP contribution in [0.15, 0.2) is 0 Å². The lowest BCUT2D eigenvalue weighted by atomic mass is 10.0. The maximum atomic E-state index is 10.6. The lowest BCUT2D eigenvalue weighted by Gasteiger charge is -2.23. The van der Waals surface area contributed by atoms with E-state index in [4.69, 9.17) is 5.11 Å². The number of hydrogen-bond donors (Lipinski definition) is 2. The monoisotopic (exact) mass is 129 g/mol. The van der Waals surface area contributed by atoms with Crippen molar-refractivity contribution in [2.45, 2.75) is 31.9 Å². The molecule has 1 saturated heterocycles. The Hall–Kier alpha value is -0.570. The number of nitrogens with one attached hydrogen (secondary N) is 1. The number of carbonyl (C=O) groups is 1. The molecular weight excluding hydrogens is 118 g/mol. The maximum absolute atomic E-state index is 10.6. The summed E-state index contributed by atoms with van der Waals surface area (Å²) in [5, 5.41) is 11.7. The van der Waals surface area contributed by atoms with E-state index < -0.39 is 6.10 Å². The van der Waals surface area contributed by atoms with Crippen LogP contribution in [0, 0.1) is 0 Å². The molecule has 52 valence electrons. The van der Waals surface area contributed by atoms with Crippen molar-refractivity contribution in [2.75, 3.05) is 0 Å². The highest BCUT2D eigenvalue weighted by Crippen LogP contribution is 2.07. The number of piperidine rings is 1. The molecule has 2 N–H and O–H groups in total. The minimum absolute atomic E-state index is 0.0405. The standard InChI is InChI=1S/C6H11NO2/c1-4-2-5(8)3-6(9)7-4/h4-5,8H,2-3H2,1H3,(H,7,9)/t4-,5+/m1/s1. The molecule has 9 heavy (non-hydrogen) atoms. The zero-order valence-corrected chi connectivity index (χ0v) is 5.42. The summed E-state index contributed by atoms with van der Waals surface area (Å²) in [4.78, 5) is 10.6. The minimum Gasteiger partial charge on any atom is -0.393 e. The first kappa shape index (κ1) is 6.55. The second-order valence-corrected chi connectivity index (χ2v) is 2.56.